The second-order valence-electron chi connectivity index (χ2n) is 8.79. The predicted octanol–water partition coefficient (Wildman–Crippen LogP) is 2.15. The van der Waals surface area contributed by atoms with Crippen molar-refractivity contribution in [3.63, 3.8) is 0 Å². The molecule has 2 aliphatic rings. The molecule has 0 bridgehead atoms. The van der Waals surface area contributed by atoms with Gasteiger partial charge in [-0.25, -0.2) is 9.50 Å². The molecule has 5 rings (SSSR count). The smallest absolute Gasteiger partial charge is 0.252 e. The molecule has 11 heteroatoms. The van der Waals surface area contributed by atoms with Crippen LogP contribution in [0.3, 0.4) is 0 Å². The fourth-order valence-corrected chi connectivity index (χ4v) is 4.44. The highest BCUT2D eigenvalue weighted by atomic mass is 19.1. The largest absolute Gasteiger partial charge is 0.378 e. The Morgan fingerprint density at radius 2 is 2.06 bits per heavy atom. The normalized spacial score (nSPS) is 20.8. The summed E-state index contributed by atoms with van der Waals surface area (Å²) in [5.74, 6) is -2.12. The zero-order chi connectivity index (χ0) is 24.0. The first-order valence-corrected chi connectivity index (χ1v) is 10.8. The second kappa shape index (κ2) is 8.06. The lowest BCUT2D eigenvalue weighted by Crippen LogP contribution is -2.36. The van der Waals surface area contributed by atoms with Crippen LogP contribution in [0.25, 0.3) is 16.6 Å². The molecule has 3 aromatic rings. The standard InChI is InChI=1S/C23H21F2N7O2/c24-6-15-9-31(22(34)23(12-26)3-4-23)11-17(15)30-20-16(21(27)33)8-29-32-10-14(5-18(20)32)13-1-2-19(25)28-7-13/h1-2,5,7-8,10,15,17,30H,3-4,6,9,11H2,(H2,27,33)/t15-,17-/m1/s1. The first-order chi connectivity index (χ1) is 16.3. The van der Waals surface area contributed by atoms with Crippen molar-refractivity contribution >= 4 is 23.0 Å². The number of nitriles is 1. The number of pyridine rings is 1. The van der Waals surface area contributed by atoms with Gasteiger partial charge in [-0.2, -0.15) is 14.8 Å². The number of halogens is 2. The molecule has 1 saturated heterocycles. The molecule has 2 atom stereocenters. The zero-order valence-electron chi connectivity index (χ0n) is 18.0. The molecule has 9 nitrogen and oxygen atoms in total. The van der Waals surface area contributed by atoms with Crippen LogP contribution in [0.4, 0.5) is 14.5 Å². The van der Waals surface area contributed by atoms with Crippen LogP contribution in [0.2, 0.25) is 0 Å². The topological polar surface area (TPSA) is 129 Å². The number of aromatic nitrogens is 3. The van der Waals surface area contributed by atoms with Gasteiger partial charge < -0.3 is 16.0 Å². The van der Waals surface area contributed by atoms with Gasteiger partial charge in [-0.15, -0.1) is 0 Å². The van der Waals surface area contributed by atoms with Gasteiger partial charge in [-0.1, -0.05) is 0 Å². The molecule has 0 spiro atoms. The summed E-state index contributed by atoms with van der Waals surface area (Å²) < 4.78 is 28.7. The minimum Gasteiger partial charge on any atom is -0.378 e. The number of anilines is 1. The summed E-state index contributed by atoms with van der Waals surface area (Å²) in [6.45, 7) is -0.308. The van der Waals surface area contributed by atoms with Gasteiger partial charge in [-0.3, -0.25) is 14.0 Å². The number of likely N-dealkylation sites (tertiary alicyclic amines) is 1. The van der Waals surface area contributed by atoms with Gasteiger partial charge in [0.05, 0.1) is 41.8 Å². The number of primary amides is 1. The van der Waals surface area contributed by atoms with Gasteiger partial charge in [0.25, 0.3) is 5.91 Å². The van der Waals surface area contributed by atoms with E-state index in [2.05, 4.69) is 21.5 Å². The molecule has 3 N–H and O–H groups in total. The number of alkyl halides is 1. The Morgan fingerprint density at radius 1 is 1.26 bits per heavy atom. The molecule has 2 amide bonds. The fraction of sp³-hybridized carbons (Fsp3) is 0.348. The van der Waals surface area contributed by atoms with Crippen molar-refractivity contribution in [2.45, 2.75) is 18.9 Å². The Hall–Kier alpha value is -4.07. The van der Waals surface area contributed by atoms with E-state index < -0.39 is 35.9 Å². The molecule has 0 unspecified atom stereocenters. The molecule has 1 aliphatic heterocycles. The van der Waals surface area contributed by atoms with Gasteiger partial charge in [0, 0.05) is 42.5 Å². The van der Waals surface area contributed by atoms with Crippen molar-refractivity contribution in [2.24, 2.45) is 17.1 Å². The SMILES string of the molecule is N#CC1(C(=O)N2C[C@@H](CF)[C@H](Nc3c(C(N)=O)cnn4cc(-c5ccc(F)nc5)cc34)C2)CC1. The van der Waals surface area contributed by atoms with Crippen LogP contribution < -0.4 is 11.1 Å². The van der Waals surface area contributed by atoms with Crippen molar-refractivity contribution in [1.29, 1.82) is 5.26 Å². The van der Waals surface area contributed by atoms with E-state index in [0.717, 1.165) is 0 Å². The van der Waals surface area contributed by atoms with Gasteiger partial charge in [-0.05, 0) is 31.0 Å². The van der Waals surface area contributed by atoms with Crippen LogP contribution in [0.15, 0.2) is 36.8 Å². The van der Waals surface area contributed by atoms with Crippen LogP contribution in [0.1, 0.15) is 23.2 Å². The van der Waals surface area contributed by atoms with E-state index in [1.807, 2.05) is 0 Å². The summed E-state index contributed by atoms with van der Waals surface area (Å²) in [5.41, 5.74) is 6.91. The number of nitrogens with one attached hydrogen (secondary N) is 1. The minimum absolute atomic E-state index is 0.118. The molecule has 1 saturated carbocycles. The number of fused-ring (bicyclic) bond motifs is 1. The van der Waals surface area contributed by atoms with E-state index in [0.29, 0.717) is 35.2 Å². The summed E-state index contributed by atoms with van der Waals surface area (Å²) in [4.78, 5) is 30.2. The summed E-state index contributed by atoms with van der Waals surface area (Å²) in [6.07, 6.45) is 5.43. The Labute approximate surface area is 193 Å². The molecule has 2 fully saturated rings. The van der Waals surface area contributed by atoms with E-state index in [9.17, 15) is 23.6 Å². The maximum absolute atomic E-state index is 13.9. The Balaban J connectivity index is 1.50. The number of carbonyl (C=O) groups excluding carboxylic acids is 2. The van der Waals surface area contributed by atoms with Gasteiger partial charge in [0.1, 0.15) is 5.41 Å². The van der Waals surface area contributed by atoms with E-state index >= 15 is 0 Å². The lowest BCUT2D eigenvalue weighted by atomic mass is 10.0. The molecular weight excluding hydrogens is 444 g/mol. The third-order valence-electron chi connectivity index (χ3n) is 6.59. The van der Waals surface area contributed by atoms with Crippen LogP contribution in [0.5, 0.6) is 0 Å². The van der Waals surface area contributed by atoms with E-state index in [1.165, 1.54) is 27.9 Å². The highest BCUT2D eigenvalue weighted by Gasteiger charge is 2.54. The molecule has 4 heterocycles. The number of rotatable bonds is 6. The van der Waals surface area contributed by atoms with Gasteiger partial charge >= 0.3 is 0 Å². The van der Waals surface area contributed by atoms with Crippen molar-refractivity contribution in [3.8, 4) is 17.2 Å². The molecule has 0 aromatic carbocycles. The Morgan fingerprint density at radius 3 is 2.68 bits per heavy atom. The van der Waals surface area contributed by atoms with Crippen molar-refractivity contribution in [2.75, 3.05) is 25.1 Å². The van der Waals surface area contributed by atoms with Crippen LogP contribution in [-0.4, -0.2) is 57.1 Å². The summed E-state index contributed by atoms with van der Waals surface area (Å²) >= 11 is 0. The number of amides is 2. The Bertz CT molecular complexity index is 1330. The first-order valence-electron chi connectivity index (χ1n) is 10.8. The first kappa shape index (κ1) is 21.8. The third-order valence-corrected chi connectivity index (χ3v) is 6.59. The van der Waals surface area contributed by atoms with Crippen LogP contribution in [0, 0.1) is 28.6 Å². The molecule has 3 aromatic heterocycles. The predicted molar refractivity (Wildman–Crippen MR) is 118 cm³/mol. The van der Waals surface area contributed by atoms with Crippen molar-refractivity contribution in [3.05, 3.63) is 48.3 Å². The average Bonchev–Trinajstić information content (AvgIpc) is 3.34. The quantitative estimate of drug-likeness (QED) is 0.537. The highest BCUT2D eigenvalue weighted by Crippen LogP contribution is 2.47. The lowest BCUT2D eigenvalue weighted by Gasteiger charge is -2.21. The second-order valence-corrected chi connectivity index (χ2v) is 8.79. The number of hydrogen-bond donors (Lipinski definition) is 2. The monoisotopic (exact) mass is 465 g/mol. The third kappa shape index (κ3) is 3.61. The highest BCUT2D eigenvalue weighted by molar-refractivity contribution is 6.02. The van der Waals surface area contributed by atoms with E-state index in [1.54, 1.807) is 18.3 Å². The van der Waals surface area contributed by atoms with E-state index in [-0.39, 0.29) is 24.6 Å². The molecule has 0 radical (unpaired) electrons. The molecular formula is C23H21F2N7O2. The van der Waals surface area contributed by atoms with Crippen molar-refractivity contribution < 1.29 is 18.4 Å². The number of nitrogens with two attached hydrogens (primary N) is 1. The Kier molecular flexibility index (Phi) is 5.16. The maximum Gasteiger partial charge on any atom is 0.252 e. The van der Waals surface area contributed by atoms with Gasteiger partial charge in [0.15, 0.2) is 0 Å². The summed E-state index contributed by atoms with van der Waals surface area (Å²) in [6, 6.07) is 6.14. The van der Waals surface area contributed by atoms with Gasteiger partial charge in [0.2, 0.25) is 11.9 Å². The molecule has 1 aliphatic carbocycles. The lowest BCUT2D eigenvalue weighted by molar-refractivity contribution is -0.134. The number of nitrogens with zero attached hydrogens (tertiary/aromatic N) is 5. The summed E-state index contributed by atoms with van der Waals surface area (Å²) in [7, 11) is 0. The summed E-state index contributed by atoms with van der Waals surface area (Å²) in [5, 5.41) is 16.8. The minimum atomic E-state index is -0.988. The van der Waals surface area contributed by atoms with Crippen LogP contribution >= 0.6 is 0 Å². The number of hydrogen-bond acceptors (Lipinski definition) is 6. The molecule has 174 valence electrons. The number of carbonyl (C=O) groups is 2. The maximum atomic E-state index is 13.9. The van der Waals surface area contributed by atoms with Crippen molar-refractivity contribution in [1.82, 2.24) is 19.5 Å². The van der Waals surface area contributed by atoms with Crippen LogP contribution in [-0.2, 0) is 4.79 Å². The fourth-order valence-electron chi connectivity index (χ4n) is 4.44. The van der Waals surface area contributed by atoms with E-state index in [4.69, 9.17) is 5.73 Å². The average molecular weight is 465 g/mol. The molecule has 34 heavy (non-hydrogen) atoms. The zero-order valence-corrected chi connectivity index (χ0v) is 18.0.